The Morgan fingerprint density at radius 1 is 1.56 bits per heavy atom. The van der Waals surface area contributed by atoms with E-state index in [2.05, 4.69) is 15.3 Å². The summed E-state index contributed by atoms with van der Waals surface area (Å²) in [4.78, 5) is 17.5. The molecule has 0 saturated carbocycles. The number of aromatic amines is 1. The molecule has 1 aromatic carbocycles. The summed E-state index contributed by atoms with van der Waals surface area (Å²) in [5.41, 5.74) is 6.84. The van der Waals surface area contributed by atoms with E-state index in [9.17, 15) is 10.1 Å². The molecule has 0 spiro atoms. The molecule has 0 atom stereocenters. The first-order chi connectivity index (χ1) is 8.35. The molecular formula is C11H15N5O2. The third kappa shape index (κ3) is 2.75. The van der Waals surface area contributed by atoms with Crippen LogP contribution in [0.4, 0.5) is 11.6 Å². The van der Waals surface area contributed by atoms with Crippen molar-refractivity contribution in [2.75, 3.05) is 11.9 Å². The van der Waals surface area contributed by atoms with E-state index in [1.165, 1.54) is 12.1 Å². The van der Waals surface area contributed by atoms with Crippen LogP contribution in [0.25, 0.3) is 11.0 Å². The third-order valence-electron chi connectivity index (χ3n) is 2.39. The number of aromatic nitrogens is 2. The predicted molar refractivity (Wildman–Crippen MR) is 69.5 cm³/mol. The first kappa shape index (κ1) is 12.3. The second-order valence-corrected chi connectivity index (χ2v) is 4.89. The molecule has 0 aliphatic heterocycles. The number of nitrogens with one attached hydrogen (secondary N) is 2. The molecule has 0 aliphatic rings. The minimum atomic E-state index is -0.434. The number of hydrogen-bond donors (Lipinski definition) is 3. The summed E-state index contributed by atoms with van der Waals surface area (Å²) in [6.45, 7) is 4.34. The molecule has 0 bridgehead atoms. The number of hydrogen-bond acceptors (Lipinski definition) is 5. The number of non-ortho nitro benzene ring substituents is 1. The zero-order valence-electron chi connectivity index (χ0n) is 10.2. The molecule has 0 aliphatic carbocycles. The molecule has 4 N–H and O–H groups in total. The van der Waals surface area contributed by atoms with Crippen molar-refractivity contribution >= 4 is 22.7 Å². The summed E-state index contributed by atoms with van der Waals surface area (Å²) >= 11 is 0. The van der Waals surface area contributed by atoms with E-state index in [0.29, 0.717) is 23.5 Å². The normalized spacial score (nSPS) is 11.7. The highest BCUT2D eigenvalue weighted by Gasteiger charge is 2.12. The number of benzene rings is 1. The Hall–Kier alpha value is -2.15. The fourth-order valence-electron chi connectivity index (χ4n) is 1.51. The Labute approximate surface area is 104 Å². The maximum atomic E-state index is 10.6. The van der Waals surface area contributed by atoms with Crippen LogP contribution in [0.15, 0.2) is 18.2 Å². The highest BCUT2D eigenvalue weighted by atomic mass is 16.6. The fourth-order valence-corrected chi connectivity index (χ4v) is 1.51. The second-order valence-electron chi connectivity index (χ2n) is 4.89. The van der Waals surface area contributed by atoms with Crippen molar-refractivity contribution in [1.82, 2.24) is 9.97 Å². The average Bonchev–Trinajstić information content (AvgIpc) is 2.66. The van der Waals surface area contributed by atoms with Crippen molar-refractivity contribution in [3.8, 4) is 0 Å². The lowest BCUT2D eigenvalue weighted by Gasteiger charge is -2.18. The van der Waals surface area contributed by atoms with Crippen LogP contribution in [0.1, 0.15) is 13.8 Å². The minimum absolute atomic E-state index is 0.0388. The lowest BCUT2D eigenvalue weighted by molar-refractivity contribution is -0.384. The summed E-state index contributed by atoms with van der Waals surface area (Å²) in [6.07, 6.45) is 0. The second kappa shape index (κ2) is 4.26. The van der Waals surface area contributed by atoms with Gasteiger partial charge in [0, 0.05) is 24.2 Å². The molecule has 96 valence electrons. The largest absolute Gasteiger partial charge is 0.354 e. The number of nitro groups is 1. The van der Waals surface area contributed by atoms with Crippen molar-refractivity contribution < 1.29 is 4.92 Å². The van der Waals surface area contributed by atoms with Crippen molar-refractivity contribution in [1.29, 1.82) is 0 Å². The molecule has 2 rings (SSSR count). The van der Waals surface area contributed by atoms with Crippen LogP contribution in [-0.4, -0.2) is 27.0 Å². The monoisotopic (exact) mass is 249 g/mol. The first-order valence-corrected chi connectivity index (χ1v) is 5.52. The lowest BCUT2D eigenvalue weighted by atomic mass is 10.1. The zero-order valence-corrected chi connectivity index (χ0v) is 10.2. The van der Waals surface area contributed by atoms with Gasteiger partial charge in [0.1, 0.15) is 0 Å². The van der Waals surface area contributed by atoms with E-state index in [1.807, 2.05) is 13.8 Å². The third-order valence-corrected chi connectivity index (χ3v) is 2.39. The molecule has 7 nitrogen and oxygen atoms in total. The topological polar surface area (TPSA) is 110 Å². The number of fused-ring (bicyclic) bond motifs is 1. The van der Waals surface area contributed by atoms with Gasteiger partial charge in [-0.25, -0.2) is 4.98 Å². The number of nitro benzene ring substituents is 1. The lowest BCUT2D eigenvalue weighted by Crippen LogP contribution is -2.39. The Bertz CT molecular complexity index is 585. The number of nitrogens with two attached hydrogens (primary N) is 1. The molecule has 1 aromatic heterocycles. The number of rotatable bonds is 4. The van der Waals surface area contributed by atoms with Crippen LogP contribution in [0, 0.1) is 10.1 Å². The Balaban J connectivity index is 2.24. The Morgan fingerprint density at radius 2 is 2.28 bits per heavy atom. The summed E-state index contributed by atoms with van der Waals surface area (Å²) in [5.74, 6) is 0.559. The van der Waals surface area contributed by atoms with Gasteiger partial charge in [0.25, 0.3) is 5.69 Å². The van der Waals surface area contributed by atoms with Gasteiger partial charge in [-0.1, -0.05) is 0 Å². The van der Waals surface area contributed by atoms with Gasteiger partial charge >= 0.3 is 0 Å². The molecule has 0 saturated heterocycles. The van der Waals surface area contributed by atoms with Gasteiger partial charge in [-0.15, -0.1) is 0 Å². The van der Waals surface area contributed by atoms with Crippen molar-refractivity contribution in [3.05, 3.63) is 28.3 Å². The maximum absolute atomic E-state index is 10.6. The van der Waals surface area contributed by atoms with E-state index in [4.69, 9.17) is 5.73 Å². The molecule has 0 radical (unpaired) electrons. The van der Waals surface area contributed by atoms with Gasteiger partial charge in [0.2, 0.25) is 5.95 Å². The van der Waals surface area contributed by atoms with E-state index in [0.717, 1.165) is 0 Å². The summed E-state index contributed by atoms with van der Waals surface area (Å²) < 4.78 is 0. The van der Waals surface area contributed by atoms with E-state index >= 15 is 0 Å². The highest BCUT2D eigenvalue weighted by molar-refractivity contribution is 5.79. The SMILES string of the molecule is CC(C)(N)CNc1nc2ccc([N+](=O)[O-])cc2[nH]1. The van der Waals surface area contributed by atoms with Crippen molar-refractivity contribution in [2.24, 2.45) is 5.73 Å². The van der Waals surface area contributed by atoms with Crippen LogP contribution >= 0.6 is 0 Å². The van der Waals surface area contributed by atoms with Crippen LogP contribution in [0.2, 0.25) is 0 Å². The molecular weight excluding hydrogens is 234 g/mol. The highest BCUT2D eigenvalue weighted by Crippen LogP contribution is 2.20. The molecule has 2 aromatic rings. The Kier molecular flexibility index (Phi) is 2.92. The predicted octanol–water partition coefficient (Wildman–Crippen LogP) is 1.62. The smallest absolute Gasteiger partial charge is 0.271 e. The zero-order chi connectivity index (χ0) is 13.3. The molecule has 0 amide bonds. The fraction of sp³-hybridized carbons (Fsp3) is 0.364. The summed E-state index contributed by atoms with van der Waals surface area (Å²) in [6, 6.07) is 4.50. The summed E-state index contributed by atoms with van der Waals surface area (Å²) in [5, 5.41) is 13.7. The number of H-pyrrole nitrogens is 1. The van der Waals surface area contributed by atoms with Gasteiger partial charge < -0.3 is 16.0 Å². The first-order valence-electron chi connectivity index (χ1n) is 5.52. The van der Waals surface area contributed by atoms with Crippen LogP contribution in [-0.2, 0) is 0 Å². The minimum Gasteiger partial charge on any atom is -0.354 e. The molecule has 0 fully saturated rings. The molecule has 0 unspecified atom stereocenters. The maximum Gasteiger partial charge on any atom is 0.271 e. The van der Waals surface area contributed by atoms with E-state index in [-0.39, 0.29) is 11.2 Å². The number of imidazole rings is 1. The molecule has 7 heteroatoms. The average molecular weight is 249 g/mol. The van der Waals surface area contributed by atoms with E-state index < -0.39 is 4.92 Å². The van der Waals surface area contributed by atoms with Gasteiger partial charge in [-0.05, 0) is 19.9 Å². The molecule has 18 heavy (non-hydrogen) atoms. The summed E-state index contributed by atoms with van der Waals surface area (Å²) in [7, 11) is 0. The van der Waals surface area contributed by atoms with Gasteiger partial charge in [0.15, 0.2) is 0 Å². The van der Waals surface area contributed by atoms with Crippen molar-refractivity contribution in [3.63, 3.8) is 0 Å². The number of anilines is 1. The van der Waals surface area contributed by atoms with Gasteiger partial charge in [-0.3, -0.25) is 10.1 Å². The number of nitrogens with zero attached hydrogens (tertiary/aromatic N) is 2. The van der Waals surface area contributed by atoms with Crippen LogP contribution in [0.5, 0.6) is 0 Å². The standard InChI is InChI=1S/C11H15N5O2/c1-11(2,12)6-13-10-14-8-4-3-7(16(17)18)5-9(8)15-10/h3-5H,6,12H2,1-2H3,(H2,13,14,15). The Morgan fingerprint density at radius 3 is 2.89 bits per heavy atom. The molecule has 1 heterocycles. The van der Waals surface area contributed by atoms with Gasteiger partial charge in [-0.2, -0.15) is 0 Å². The quantitative estimate of drug-likeness (QED) is 0.563. The van der Waals surface area contributed by atoms with Gasteiger partial charge in [0.05, 0.1) is 16.0 Å². The van der Waals surface area contributed by atoms with E-state index in [1.54, 1.807) is 6.07 Å². The van der Waals surface area contributed by atoms with Crippen molar-refractivity contribution in [2.45, 2.75) is 19.4 Å². The van der Waals surface area contributed by atoms with Crippen LogP contribution in [0.3, 0.4) is 0 Å². The van der Waals surface area contributed by atoms with Crippen LogP contribution < -0.4 is 11.1 Å².